The number of ketones is 1. The lowest BCUT2D eigenvalue weighted by Gasteiger charge is -2.22. The fourth-order valence-electron chi connectivity index (χ4n) is 5.18. The third-order valence-electron chi connectivity index (χ3n) is 7.27. The predicted molar refractivity (Wildman–Crippen MR) is 156 cm³/mol. The van der Waals surface area contributed by atoms with Crippen LogP contribution >= 0.6 is 0 Å². The van der Waals surface area contributed by atoms with Gasteiger partial charge in [-0.25, -0.2) is 0 Å². The number of unbranched alkanes of at least 4 members (excludes halogenated alkanes) is 8. The SMILES string of the molecule is CCCCCCCCCCCC(=O)N[C@@H](Cc1cccc2ccccc12)C(=O)C[C@@H](CC(C)C)C(=O)OC. The summed E-state index contributed by atoms with van der Waals surface area (Å²) in [7, 11) is 1.36. The number of hydrogen-bond donors (Lipinski definition) is 1. The van der Waals surface area contributed by atoms with Gasteiger partial charge >= 0.3 is 5.97 Å². The number of carbonyl (C=O) groups is 3. The topological polar surface area (TPSA) is 72.5 Å². The number of hydrogen-bond acceptors (Lipinski definition) is 4. The molecule has 0 aliphatic rings. The van der Waals surface area contributed by atoms with Gasteiger partial charge in [-0.2, -0.15) is 0 Å². The molecule has 0 aliphatic heterocycles. The third-order valence-corrected chi connectivity index (χ3v) is 7.27. The molecule has 2 atom stereocenters. The van der Waals surface area contributed by atoms with Crippen LogP contribution in [0, 0.1) is 11.8 Å². The maximum absolute atomic E-state index is 13.5. The van der Waals surface area contributed by atoms with Crippen molar-refractivity contribution in [2.45, 2.75) is 110 Å². The maximum atomic E-state index is 13.5. The lowest BCUT2D eigenvalue weighted by Crippen LogP contribution is -2.43. The molecular formula is C33H49NO4. The molecule has 2 rings (SSSR count). The first kappa shape index (κ1) is 31.5. The van der Waals surface area contributed by atoms with Gasteiger partial charge in [-0.05, 0) is 35.1 Å². The summed E-state index contributed by atoms with van der Waals surface area (Å²) in [5.41, 5.74) is 1.02. The van der Waals surface area contributed by atoms with Crippen molar-refractivity contribution in [3.8, 4) is 0 Å². The van der Waals surface area contributed by atoms with E-state index in [-0.39, 0.29) is 30.0 Å². The van der Waals surface area contributed by atoms with Gasteiger partial charge in [0, 0.05) is 19.3 Å². The first-order valence-electron chi connectivity index (χ1n) is 14.7. The second kappa shape index (κ2) is 17.8. The van der Waals surface area contributed by atoms with Gasteiger partial charge in [0.1, 0.15) is 0 Å². The van der Waals surface area contributed by atoms with Gasteiger partial charge in [0.2, 0.25) is 5.91 Å². The number of Topliss-reactive ketones (excluding diaryl/α,β-unsaturated/α-hetero) is 1. The van der Waals surface area contributed by atoms with Gasteiger partial charge in [0.15, 0.2) is 5.78 Å². The van der Waals surface area contributed by atoms with Crippen LogP contribution < -0.4 is 5.32 Å². The number of esters is 1. The Labute approximate surface area is 230 Å². The van der Waals surface area contributed by atoms with Crippen LogP contribution in [0.1, 0.15) is 103 Å². The van der Waals surface area contributed by atoms with Crippen molar-refractivity contribution in [1.29, 1.82) is 0 Å². The van der Waals surface area contributed by atoms with E-state index in [1.165, 1.54) is 45.6 Å². The van der Waals surface area contributed by atoms with Crippen molar-refractivity contribution in [1.82, 2.24) is 5.32 Å². The molecule has 0 spiro atoms. The van der Waals surface area contributed by atoms with Gasteiger partial charge in [0.25, 0.3) is 0 Å². The second-order valence-corrected chi connectivity index (χ2v) is 11.1. The van der Waals surface area contributed by atoms with Gasteiger partial charge in [0.05, 0.1) is 19.1 Å². The molecule has 0 saturated heterocycles. The van der Waals surface area contributed by atoms with Crippen molar-refractivity contribution in [2.75, 3.05) is 7.11 Å². The van der Waals surface area contributed by atoms with Gasteiger partial charge in [-0.15, -0.1) is 0 Å². The van der Waals surface area contributed by atoms with Crippen LogP contribution in [0.15, 0.2) is 42.5 Å². The molecule has 5 nitrogen and oxygen atoms in total. The van der Waals surface area contributed by atoms with Crippen molar-refractivity contribution < 1.29 is 19.1 Å². The van der Waals surface area contributed by atoms with Crippen LogP contribution in [0.2, 0.25) is 0 Å². The van der Waals surface area contributed by atoms with E-state index < -0.39 is 12.0 Å². The number of carbonyl (C=O) groups excluding carboxylic acids is 3. The lowest BCUT2D eigenvalue weighted by molar-refractivity contribution is -0.148. The highest BCUT2D eigenvalue weighted by atomic mass is 16.5. The van der Waals surface area contributed by atoms with E-state index in [0.29, 0.717) is 19.3 Å². The largest absolute Gasteiger partial charge is 0.469 e. The molecule has 5 heteroatoms. The summed E-state index contributed by atoms with van der Waals surface area (Å²) in [6.07, 6.45) is 12.2. The number of benzene rings is 2. The Morgan fingerprint density at radius 1 is 0.842 bits per heavy atom. The number of nitrogens with one attached hydrogen (secondary N) is 1. The quantitative estimate of drug-likeness (QED) is 0.152. The summed E-state index contributed by atoms with van der Waals surface area (Å²) in [6.45, 7) is 6.29. The third kappa shape index (κ3) is 11.4. The molecular weight excluding hydrogens is 474 g/mol. The Morgan fingerprint density at radius 2 is 1.47 bits per heavy atom. The van der Waals surface area contributed by atoms with E-state index in [0.717, 1.165) is 35.6 Å². The van der Waals surface area contributed by atoms with Gasteiger partial charge in [-0.3, -0.25) is 14.4 Å². The molecule has 0 aliphatic carbocycles. The minimum Gasteiger partial charge on any atom is -0.469 e. The van der Waals surface area contributed by atoms with E-state index in [1.807, 2.05) is 56.3 Å². The van der Waals surface area contributed by atoms with Gasteiger partial charge in [-0.1, -0.05) is 115 Å². The highest BCUT2D eigenvalue weighted by Crippen LogP contribution is 2.23. The molecule has 0 fully saturated rings. The Kier molecular flexibility index (Phi) is 14.7. The summed E-state index contributed by atoms with van der Waals surface area (Å²) in [6, 6.07) is 13.5. The van der Waals surface area contributed by atoms with Crippen molar-refractivity contribution in [2.24, 2.45) is 11.8 Å². The molecule has 0 saturated carbocycles. The average molecular weight is 524 g/mol. The first-order chi connectivity index (χ1) is 18.3. The van der Waals surface area contributed by atoms with E-state index >= 15 is 0 Å². The molecule has 0 bridgehead atoms. The summed E-state index contributed by atoms with van der Waals surface area (Å²) in [4.78, 5) is 38.8. The lowest BCUT2D eigenvalue weighted by atomic mass is 9.88. The van der Waals surface area contributed by atoms with E-state index in [4.69, 9.17) is 4.74 Å². The van der Waals surface area contributed by atoms with Crippen LogP contribution in [-0.4, -0.2) is 30.8 Å². The zero-order chi connectivity index (χ0) is 27.8. The highest BCUT2D eigenvalue weighted by Gasteiger charge is 2.29. The zero-order valence-electron chi connectivity index (χ0n) is 24.1. The Morgan fingerprint density at radius 3 is 2.13 bits per heavy atom. The van der Waals surface area contributed by atoms with E-state index in [1.54, 1.807) is 0 Å². The first-order valence-corrected chi connectivity index (χ1v) is 14.7. The summed E-state index contributed by atoms with van der Waals surface area (Å²) in [5, 5.41) is 5.21. The van der Waals surface area contributed by atoms with Crippen LogP contribution in [0.3, 0.4) is 0 Å². The van der Waals surface area contributed by atoms with Crippen LogP contribution in [0.25, 0.3) is 10.8 Å². The molecule has 1 amide bonds. The highest BCUT2D eigenvalue weighted by molar-refractivity contribution is 5.93. The predicted octanol–water partition coefficient (Wildman–Crippen LogP) is 7.58. The van der Waals surface area contributed by atoms with Crippen LogP contribution in [-0.2, 0) is 25.5 Å². The maximum Gasteiger partial charge on any atom is 0.309 e. The zero-order valence-corrected chi connectivity index (χ0v) is 24.1. The normalized spacial score (nSPS) is 12.9. The Hall–Kier alpha value is -2.69. The van der Waals surface area contributed by atoms with E-state index in [9.17, 15) is 14.4 Å². The number of rotatable bonds is 19. The molecule has 0 aromatic heterocycles. The number of methoxy groups -OCH3 is 1. The molecule has 210 valence electrons. The minimum absolute atomic E-state index is 0.0681. The van der Waals surface area contributed by atoms with Gasteiger partial charge < -0.3 is 10.1 Å². The molecule has 38 heavy (non-hydrogen) atoms. The van der Waals surface area contributed by atoms with Crippen LogP contribution in [0.4, 0.5) is 0 Å². The summed E-state index contributed by atoms with van der Waals surface area (Å²) >= 11 is 0. The Bertz CT molecular complexity index is 994. The number of ether oxygens (including phenoxy) is 1. The average Bonchev–Trinajstić information content (AvgIpc) is 2.90. The molecule has 2 aromatic rings. The smallest absolute Gasteiger partial charge is 0.309 e. The van der Waals surface area contributed by atoms with Crippen molar-refractivity contribution in [3.05, 3.63) is 48.0 Å². The van der Waals surface area contributed by atoms with Crippen molar-refractivity contribution in [3.63, 3.8) is 0 Å². The van der Waals surface area contributed by atoms with Crippen LogP contribution in [0.5, 0.6) is 0 Å². The molecule has 0 heterocycles. The fourth-order valence-corrected chi connectivity index (χ4v) is 5.18. The second-order valence-electron chi connectivity index (χ2n) is 11.1. The summed E-state index contributed by atoms with van der Waals surface area (Å²) < 4.78 is 4.98. The minimum atomic E-state index is -0.675. The fraction of sp³-hybridized carbons (Fsp3) is 0.606. The van der Waals surface area contributed by atoms with E-state index in [2.05, 4.69) is 12.2 Å². The molecule has 2 aromatic carbocycles. The molecule has 0 unspecified atom stereocenters. The number of fused-ring (bicyclic) bond motifs is 1. The standard InChI is InChI=1S/C33H49NO4/c1-5-6-7-8-9-10-11-12-13-21-32(36)34-30(31(35)24-28(22-25(2)3)33(37)38-4)23-27-19-16-18-26-17-14-15-20-29(26)27/h14-20,25,28,30H,5-13,21-24H2,1-4H3,(H,34,36)/t28-,30+/m1/s1. The van der Waals surface area contributed by atoms with Crippen molar-refractivity contribution >= 4 is 28.4 Å². The molecule has 1 N–H and O–H groups in total. The Balaban J connectivity index is 2.03. The monoisotopic (exact) mass is 523 g/mol. The number of amides is 1. The summed E-state index contributed by atoms with van der Waals surface area (Å²) in [5.74, 6) is -0.821. The molecule has 0 radical (unpaired) electrons.